The second kappa shape index (κ2) is 7.07. The van der Waals surface area contributed by atoms with Crippen molar-refractivity contribution in [3.05, 3.63) is 40.2 Å². The van der Waals surface area contributed by atoms with Crippen LogP contribution in [0.25, 0.3) is 10.2 Å². The molecule has 0 radical (unpaired) electrons. The quantitative estimate of drug-likeness (QED) is 0.657. The number of nitrogens with zero attached hydrogens (tertiary/aromatic N) is 3. The monoisotopic (exact) mass is 450 g/mol. The summed E-state index contributed by atoms with van der Waals surface area (Å²) < 4.78 is 26.6. The summed E-state index contributed by atoms with van der Waals surface area (Å²) in [7, 11) is -3.03. The largest absolute Gasteiger partial charge is 0.296 e. The zero-order chi connectivity index (χ0) is 20.2. The summed E-state index contributed by atoms with van der Waals surface area (Å²) in [5.74, 6) is -0.0176. The molecule has 7 nitrogen and oxygen atoms in total. The highest BCUT2D eigenvalue weighted by Crippen LogP contribution is 2.33. The van der Waals surface area contributed by atoms with Crippen LogP contribution in [0, 0.1) is 0 Å². The van der Waals surface area contributed by atoms with Crippen molar-refractivity contribution in [3.8, 4) is 0 Å². The van der Waals surface area contributed by atoms with E-state index < -0.39 is 9.84 Å². The number of benzene rings is 1. The Morgan fingerprint density at radius 1 is 1.28 bits per heavy atom. The van der Waals surface area contributed by atoms with E-state index in [1.165, 1.54) is 11.3 Å². The molecule has 1 fully saturated rings. The SMILES string of the molecule is O=C(Nc1nc2ccc(Cl)cc2s1)c1nn([C@H]2CCS(=O)(=O)C2)c2c1CCCC2. The van der Waals surface area contributed by atoms with Gasteiger partial charge in [0.2, 0.25) is 0 Å². The van der Waals surface area contributed by atoms with Gasteiger partial charge in [-0.05, 0) is 50.3 Å². The van der Waals surface area contributed by atoms with E-state index in [1.54, 1.807) is 6.07 Å². The van der Waals surface area contributed by atoms with Gasteiger partial charge in [-0.1, -0.05) is 22.9 Å². The Morgan fingerprint density at radius 2 is 2.10 bits per heavy atom. The smallest absolute Gasteiger partial charge is 0.278 e. The highest BCUT2D eigenvalue weighted by molar-refractivity contribution is 7.91. The molecule has 3 heterocycles. The Kier molecular flexibility index (Phi) is 4.64. The molecule has 1 aromatic carbocycles. The van der Waals surface area contributed by atoms with Crippen LogP contribution < -0.4 is 5.32 Å². The van der Waals surface area contributed by atoms with E-state index in [9.17, 15) is 13.2 Å². The van der Waals surface area contributed by atoms with Gasteiger partial charge in [0, 0.05) is 16.3 Å². The van der Waals surface area contributed by atoms with Gasteiger partial charge < -0.3 is 0 Å². The lowest BCUT2D eigenvalue weighted by atomic mass is 9.95. The Labute approximate surface area is 177 Å². The summed E-state index contributed by atoms with van der Waals surface area (Å²) in [6, 6.07) is 5.23. The van der Waals surface area contributed by atoms with Crippen molar-refractivity contribution >= 4 is 54.0 Å². The number of halogens is 1. The fourth-order valence-corrected chi connectivity index (χ4v) is 7.02. The first-order chi connectivity index (χ1) is 13.9. The number of hydrogen-bond donors (Lipinski definition) is 1. The molecule has 1 N–H and O–H groups in total. The fraction of sp³-hybridized carbons (Fsp3) is 0.421. The Balaban J connectivity index is 1.47. The zero-order valence-electron chi connectivity index (χ0n) is 15.5. The molecule has 0 bridgehead atoms. The number of hydrogen-bond acceptors (Lipinski definition) is 6. The number of rotatable bonds is 3. The predicted molar refractivity (Wildman–Crippen MR) is 114 cm³/mol. The van der Waals surface area contributed by atoms with Crippen LogP contribution in [-0.4, -0.2) is 40.6 Å². The lowest BCUT2D eigenvalue weighted by molar-refractivity contribution is 0.102. The van der Waals surface area contributed by atoms with E-state index in [4.69, 9.17) is 11.6 Å². The molecule has 10 heteroatoms. The summed E-state index contributed by atoms with van der Waals surface area (Å²) in [4.78, 5) is 17.5. The standard InChI is InChI=1S/C19H19ClN4O3S2/c20-11-5-6-14-16(9-11)28-19(21-14)22-18(25)17-13-3-1-2-4-15(13)24(23-17)12-7-8-29(26,27)10-12/h5-6,9,12H,1-4,7-8,10H2,(H,21,22,25)/t12-/m0/s1. The molecule has 5 rings (SSSR count). The molecule has 1 amide bonds. The highest BCUT2D eigenvalue weighted by atomic mass is 35.5. The van der Waals surface area contributed by atoms with Crippen molar-refractivity contribution in [2.24, 2.45) is 0 Å². The maximum atomic E-state index is 13.0. The van der Waals surface area contributed by atoms with Crippen LogP contribution >= 0.6 is 22.9 Å². The molecule has 3 aromatic rings. The van der Waals surface area contributed by atoms with Gasteiger partial charge in [0.15, 0.2) is 20.7 Å². The van der Waals surface area contributed by atoms with Crippen LogP contribution in [0.1, 0.15) is 47.1 Å². The Bertz CT molecular complexity index is 1230. The number of carbonyl (C=O) groups excluding carboxylic acids is 1. The number of carbonyl (C=O) groups is 1. The third-order valence-corrected chi connectivity index (χ3v) is 8.47. The normalized spacial score (nSPS) is 20.7. The number of nitrogens with one attached hydrogen (secondary N) is 1. The van der Waals surface area contributed by atoms with Crippen LogP contribution in [0.15, 0.2) is 18.2 Å². The van der Waals surface area contributed by atoms with Crippen LogP contribution in [0.5, 0.6) is 0 Å². The highest BCUT2D eigenvalue weighted by Gasteiger charge is 2.34. The van der Waals surface area contributed by atoms with Crippen molar-refractivity contribution in [1.82, 2.24) is 14.8 Å². The van der Waals surface area contributed by atoms with Crippen molar-refractivity contribution < 1.29 is 13.2 Å². The fourth-order valence-electron chi connectivity index (χ4n) is 4.19. The van der Waals surface area contributed by atoms with Crippen molar-refractivity contribution in [2.75, 3.05) is 16.8 Å². The first-order valence-electron chi connectivity index (χ1n) is 9.58. The van der Waals surface area contributed by atoms with Crippen molar-refractivity contribution in [1.29, 1.82) is 0 Å². The van der Waals surface area contributed by atoms with Crippen LogP contribution in [0.3, 0.4) is 0 Å². The van der Waals surface area contributed by atoms with Gasteiger partial charge in [-0.15, -0.1) is 0 Å². The molecule has 1 atom stereocenters. The first-order valence-corrected chi connectivity index (χ1v) is 12.6. The number of thiazole rings is 1. The average molecular weight is 451 g/mol. The molecule has 0 saturated carbocycles. The number of anilines is 1. The van der Waals surface area contributed by atoms with E-state index >= 15 is 0 Å². The minimum atomic E-state index is -3.03. The minimum absolute atomic E-state index is 0.0980. The van der Waals surface area contributed by atoms with E-state index in [1.807, 2.05) is 16.8 Å². The minimum Gasteiger partial charge on any atom is -0.296 e. The number of amides is 1. The number of fused-ring (bicyclic) bond motifs is 2. The van der Waals surface area contributed by atoms with E-state index in [0.717, 1.165) is 47.2 Å². The molecular formula is C19H19ClN4O3S2. The van der Waals surface area contributed by atoms with Gasteiger partial charge in [-0.2, -0.15) is 5.10 Å². The topological polar surface area (TPSA) is 93.9 Å². The average Bonchev–Trinajstić information content (AvgIpc) is 3.35. The van der Waals surface area contributed by atoms with E-state index in [-0.39, 0.29) is 23.5 Å². The Hall–Kier alpha value is -1.97. The molecular weight excluding hydrogens is 432 g/mol. The summed E-state index contributed by atoms with van der Waals surface area (Å²) in [6.07, 6.45) is 4.19. The van der Waals surface area contributed by atoms with Gasteiger partial charge in [-0.25, -0.2) is 13.4 Å². The van der Waals surface area contributed by atoms with Gasteiger partial charge in [0.05, 0.1) is 27.8 Å². The summed E-state index contributed by atoms with van der Waals surface area (Å²) in [5, 5.41) is 8.59. The van der Waals surface area contributed by atoms with Crippen molar-refractivity contribution in [3.63, 3.8) is 0 Å². The number of sulfone groups is 1. The van der Waals surface area contributed by atoms with Gasteiger partial charge in [0.25, 0.3) is 5.91 Å². The zero-order valence-corrected chi connectivity index (χ0v) is 17.9. The molecule has 0 spiro atoms. The second-order valence-corrected chi connectivity index (χ2v) is 11.3. The maximum absolute atomic E-state index is 13.0. The molecule has 2 aliphatic rings. The maximum Gasteiger partial charge on any atom is 0.278 e. The van der Waals surface area contributed by atoms with Gasteiger partial charge in [0.1, 0.15) is 0 Å². The lowest BCUT2D eigenvalue weighted by Crippen LogP contribution is -2.17. The van der Waals surface area contributed by atoms with E-state index in [0.29, 0.717) is 22.3 Å². The molecule has 0 unspecified atom stereocenters. The molecule has 152 valence electrons. The van der Waals surface area contributed by atoms with Crippen molar-refractivity contribution in [2.45, 2.75) is 38.1 Å². The van der Waals surface area contributed by atoms with Crippen LogP contribution in [0.2, 0.25) is 5.02 Å². The third-order valence-electron chi connectivity index (χ3n) is 5.55. The molecule has 29 heavy (non-hydrogen) atoms. The number of aromatic nitrogens is 3. The second-order valence-electron chi connectivity index (χ2n) is 7.57. The van der Waals surface area contributed by atoms with Gasteiger partial charge in [-0.3, -0.25) is 14.8 Å². The lowest BCUT2D eigenvalue weighted by Gasteiger charge is -2.17. The molecule has 1 aliphatic heterocycles. The summed E-state index contributed by atoms with van der Waals surface area (Å²) >= 11 is 7.39. The van der Waals surface area contributed by atoms with Gasteiger partial charge >= 0.3 is 0 Å². The third kappa shape index (κ3) is 3.55. The summed E-state index contributed by atoms with van der Waals surface area (Å²) in [6.45, 7) is 0. The van der Waals surface area contributed by atoms with Crippen LogP contribution in [0.4, 0.5) is 5.13 Å². The molecule has 1 saturated heterocycles. The Morgan fingerprint density at radius 3 is 2.90 bits per heavy atom. The van der Waals surface area contributed by atoms with Crippen LogP contribution in [-0.2, 0) is 22.7 Å². The molecule has 2 aromatic heterocycles. The predicted octanol–water partition coefficient (Wildman–Crippen LogP) is 3.64. The first kappa shape index (κ1) is 19.0. The summed E-state index contributed by atoms with van der Waals surface area (Å²) in [5.41, 5.74) is 3.13. The van der Waals surface area contributed by atoms with E-state index in [2.05, 4.69) is 15.4 Å². The molecule has 1 aliphatic carbocycles.